The van der Waals surface area contributed by atoms with Gasteiger partial charge in [-0.25, -0.2) is 9.18 Å². The summed E-state index contributed by atoms with van der Waals surface area (Å²) < 4.78 is 19.3. The first-order valence-corrected chi connectivity index (χ1v) is 8.90. The molecule has 1 aliphatic rings. The average molecular weight is 356 g/mol. The molecule has 4 nitrogen and oxygen atoms in total. The summed E-state index contributed by atoms with van der Waals surface area (Å²) in [6.07, 6.45) is 0.395. The van der Waals surface area contributed by atoms with Gasteiger partial charge in [0.1, 0.15) is 11.4 Å². The average Bonchev–Trinajstić information content (AvgIpc) is 2.60. The molecule has 0 saturated heterocycles. The molecule has 0 radical (unpaired) electrons. The van der Waals surface area contributed by atoms with E-state index in [0.717, 1.165) is 40.8 Å². The summed E-state index contributed by atoms with van der Waals surface area (Å²) >= 11 is 0. The van der Waals surface area contributed by atoms with Crippen molar-refractivity contribution in [3.63, 3.8) is 0 Å². The van der Waals surface area contributed by atoms with E-state index in [2.05, 4.69) is 10.6 Å². The topological polar surface area (TPSA) is 50.4 Å². The van der Waals surface area contributed by atoms with Crippen LogP contribution >= 0.6 is 0 Å². The highest BCUT2D eigenvalue weighted by Gasteiger charge is 2.18. The van der Waals surface area contributed by atoms with Crippen molar-refractivity contribution in [2.45, 2.75) is 45.9 Å². The van der Waals surface area contributed by atoms with Gasteiger partial charge in [0.25, 0.3) is 0 Å². The standard InChI is InChI=1S/C21H25FN2O2/c1-21(2,3)26-20(25)24-12-14-4-6-15(7-5-14)16-8-9-19(22)18-13-23-11-10-17(16)18/h4-9,23H,10-13H2,1-3H3,(H,24,25). The number of benzene rings is 2. The van der Waals surface area contributed by atoms with Crippen LogP contribution in [0, 0.1) is 5.82 Å². The monoisotopic (exact) mass is 356 g/mol. The van der Waals surface area contributed by atoms with Crippen LogP contribution in [0.15, 0.2) is 36.4 Å². The second-order valence-corrected chi connectivity index (χ2v) is 7.53. The number of fused-ring (bicyclic) bond motifs is 1. The largest absolute Gasteiger partial charge is 0.444 e. The fourth-order valence-electron chi connectivity index (χ4n) is 3.13. The van der Waals surface area contributed by atoms with Crippen LogP contribution in [0.2, 0.25) is 0 Å². The summed E-state index contributed by atoms with van der Waals surface area (Å²) in [5.74, 6) is -0.144. The fourth-order valence-corrected chi connectivity index (χ4v) is 3.13. The second kappa shape index (κ2) is 7.46. The Morgan fingerprint density at radius 1 is 1.15 bits per heavy atom. The van der Waals surface area contributed by atoms with E-state index in [4.69, 9.17) is 4.74 Å². The molecule has 2 aromatic carbocycles. The Bertz CT molecular complexity index is 795. The van der Waals surface area contributed by atoms with Crippen LogP contribution < -0.4 is 10.6 Å². The molecule has 1 heterocycles. The van der Waals surface area contributed by atoms with Gasteiger partial charge in [-0.15, -0.1) is 0 Å². The number of amides is 1. The molecule has 26 heavy (non-hydrogen) atoms. The minimum atomic E-state index is -0.509. The van der Waals surface area contributed by atoms with Crippen LogP contribution in [-0.2, 0) is 24.2 Å². The first kappa shape index (κ1) is 18.4. The van der Waals surface area contributed by atoms with E-state index in [0.29, 0.717) is 13.1 Å². The van der Waals surface area contributed by atoms with E-state index in [1.54, 1.807) is 6.07 Å². The highest BCUT2D eigenvalue weighted by atomic mass is 19.1. The van der Waals surface area contributed by atoms with Gasteiger partial charge < -0.3 is 15.4 Å². The van der Waals surface area contributed by atoms with E-state index < -0.39 is 11.7 Å². The number of ether oxygens (including phenoxy) is 1. The van der Waals surface area contributed by atoms with E-state index in [9.17, 15) is 9.18 Å². The predicted molar refractivity (Wildman–Crippen MR) is 100 cm³/mol. The zero-order valence-corrected chi connectivity index (χ0v) is 15.5. The molecule has 138 valence electrons. The summed E-state index contributed by atoms with van der Waals surface area (Å²) in [6, 6.07) is 11.4. The van der Waals surface area contributed by atoms with Crippen LogP contribution in [0.5, 0.6) is 0 Å². The molecule has 0 bridgehead atoms. The number of hydrogen-bond acceptors (Lipinski definition) is 3. The Labute approximate surface area is 153 Å². The first-order valence-electron chi connectivity index (χ1n) is 8.90. The Morgan fingerprint density at radius 2 is 1.88 bits per heavy atom. The van der Waals surface area contributed by atoms with Gasteiger partial charge in [0.15, 0.2) is 0 Å². The highest BCUT2D eigenvalue weighted by molar-refractivity contribution is 5.70. The third-order valence-electron chi connectivity index (χ3n) is 4.33. The zero-order valence-electron chi connectivity index (χ0n) is 15.5. The quantitative estimate of drug-likeness (QED) is 0.868. The number of nitrogens with one attached hydrogen (secondary N) is 2. The smallest absolute Gasteiger partial charge is 0.407 e. The first-order chi connectivity index (χ1) is 12.3. The SMILES string of the molecule is CC(C)(C)OC(=O)NCc1ccc(-c2ccc(F)c3c2CCNC3)cc1. The molecule has 3 rings (SSSR count). The van der Waals surface area contributed by atoms with Crippen molar-refractivity contribution in [2.24, 2.45) is 0 Å². The van der Waals surface area contributed by atoms with Crippen LogP contribution in [0.1, 0.15) is 37.5 Å². The van der Waals surface area contributed by atoms with Gasteiger partial charge in [-0.3, -0.25) is 0 Å². The molecule has 0 spiro atoms. The lowest BCUT2D eigenvalue weighted by molar-refractivity contribution is 0.0523. The molecule has 1 aliphatic heterocycles. The van der Waals surface area contributed by atoms with Gasteiger partial charge in [-0.1, -0.05) is 30.3 Å². The molecule has 0 unspecified atom stereocenters. The second-order valence-electron chi connectivity index (χ2n) is 7.53. The normalized spacial score (nSPS) is 13.8. The fraction of sp³-hybridized carbons (Fsp3) is 0.381. The molecule has 0 aliphatic carbocycles. The van der Waals surface area contributed by atoms with E-state index in [-0.39, 0.29) is 5.82 Å². The summed E-state index contributed by atoms with van der Waals surface area (Å²) in [5, 5.41) is 5.97. The summed E-state index contributed by atoms with van der Waals surface area (Å²) in [6.45, 7) is 7.34. The molecule has 0 fully saturated rings. The Balaban J connectivity index is 1.72. The predicted octanol–water partition coefficient (Wildman–Crippen LogP) is 4.16. The van der Waals surface area contributed by atoms with Gasteiger partial charge in [-0.05, 0) is 62.1 Å². The molecular weight excluding hydrogens is 331 g/mol. The number of hydrogen-bond donors (Lipinski definition) is 2. The molecule has 0 aromatic heterocycles. The van der Waals surface area contributed by atoms with E-state index in [1.165, 1.54) is 0 Å². The van der Waals surface area contributed by atoms with Crippen molar-refractivity contribution < 1.29 is 13.9 Å². The molecule has 2 aromatic rings. The number of carbonyl (C=O) groups excluding carboxylic acids is 1. The summed E-state index contributed by atoms with van der Waals surface area (Å²) in [4.78, 5) is 11.7. The zero-order chi connectivity index (χ0) is 18.7. The number of alkyl carbamates (subject to hydrolysis) is 1. The maximum absolute atomic E-state index is 14.0. The van der Waals surface area contributed by atoms with Crippen molar-refractivity contribution in [3.05, 3.63) is 58.9 Å². The lowest BCUT2D eigenvalue weighted by atomic mass is 9.90. The van der Waals surface area contributed by atoms with Gasteiger partial charge in [0, 0.05) is 18.7 Å². The van der Waals surface area contributed by atoms with Gasteiger partial charge in [0.05, 0.1) is 0 Å². The van der Waals surface area contributed by atoms with Crippen LogP contribution in [0.3, 0.4) is 0 Å². The third kappa shape index (κ3) is 4.41. The maximum Gasteiger partial charge on any atom is 0.407 e. The van der Waals surface area contributed by atoms with Gasteiger partial charge >= 0.3 is 6.09 Å². The third-order valence-corrected chi connectivity index (χ3v) is 4.33. The Kier molecular flexibility index (Phi) is 5.28. The van der Waals surface area contributed by atoms with Crippen molar-refractivity contribution in [3.8, 4) is 11.1 Å². The molecule has 2 N–H and O–H groups in total. The molecule has 1 amide bonds. The lowest BCUT2D eigenvalue weighted by Gasteiger charge is -2.21. The van der Waals surface area contributed by atoms with Crippen molar-refractivity contribution in [2.75, 3.05) is 6.54 Å². The van der Waals surface area contributed by atoms with Gasteiger partial charge in [-0.2, -0.15) is 0 Å². The minimum absolute atomic E-state index is 0.144. The van der Waals surface area contributed by atoms with Crippen molar-refractivity contribution in [1.82, 2.24) is 10.6 Å². The lowest BCUT2D eigenvalue weighted by Crippen LogP contribution is -2.32. The molecule has 0 atom stereocenters. The van der Waals surface area contributed by atoms with Crippen molar-refractivity contribution >= 4 is 6.09 Å². The van der Waals surface area contributed by atoms with E-state index in [1.807, 2.05) is 51.1 Å². The molecular formula is C21H25FN2O2. The molecule has 0 saturated carbocycles. The number of rotatable bonds is 3. The summed E-state index contributed by atoms with van der Waals surface area (Å²) in [7, 11) is 0. The molecule has 5 heteroatoms. The van der Waals surface area contributed by atoms with Crippen molar-refractivity contribution in [1.29, 1.82) is 0 Å². The Hall–Kier alpha value is -2.40. The van der Waals surface area contributed by atoms with Gasteiger partial charge in [0.2, 0.25) is 0 Å². The maximum atomic E-state index is 14.0. The minimum Gasteiger partial charge on any atom is -0.444 e. The van der Waals surface area contributed by atoms with Crippen LogP contribution in [-0.4, -0.2) is 18.2 Å². The number of carbonyl (C=O) groups is 1. The van der Waals surface area contributed by atoms with Crippen LogP contribution in [0.4, 0.5) is 9.18 Å². The van der Waals surface area contributed by atoms with E-state index >= 15 is 0 Å². The summed E-state index contributed by atoms with van der Waals surface area (Å²) in [5.41, 5.74) is 4.47. The van der Waals surface area contributed by atoms with Crippen LogP contribution in [0.25, 0.3) is 11.1 Å². The Morgan fingerprint density at radius 3 is 2.58 bits per heavy atom. The number of halogens is 1. The highest BCUT2D eigenvalue weighted by Crippen LogP contribution is 2.30.